The van der Waals surface area contributed by atoms with Gasteiger partial charge in [0.05, 0.1) is 35.0 Å². The molecule has 3 aromatic rings. The number of hydrogen-bond acceptors (Lipinski definition) is 7. The van der Waals surface area contributed by atoms with Crippen LogP contribution in [0.4, 0.5) is 37.8 Å². The fraction of sp³-hybridized carbons (Fsp3) is 0.469. The number of halogens is 6. The average Bonchev–Trinajstić information content (AvgIpc) is 3.29. The number of anilines is 2. The van der Waals surface area contributed by atoms with E-state index < -0.39 is 41.7 Å². The quantitative estimate of drug-likeness (QED) is 0.227. The first-order valence-corrected chi connectivity index (χ1v) is 14.8. The Kier molecular flexibility index (Phi) is 9.14. The first kappa shape index (κ1) is 32.7. The Morgan fingerprint density at radius 1 is 0.933 bits per heavy atom. The third-order valence-electron chi connectivity index (χ3n) is 8.63. The number of benzene rings is 2. The van der Waals surface area contributed by atoms with E-state index in [1.165, 1.54) is 6.33 Å². The van der Waals surface area contributed by atoms with E-state index in [1.807, 2.05) is 35.5 Å². The van der Waals surface area contributed by atoms with Gasteiger partial charge in [-0.05, 0) is 62.1 Å². The molecule has 2 aromatic carbocycles. The number of aldehydes is 1. The maximum absolute atomic E-state index is 13.9. The number of alkyl halides is 6. The Balaban J connectivity index is 1.56. The Hall–Kier alpha value is -3.71. The van der Waals surface area contributed by atoms with Crippen LogP contribution in [0.3, 0.4) is 0 Å². The summed E-state index contributed by atoms with van der Waals surface area (Å²) >= 11 is 0. The summed E-state index contributed by atoms with van der Waals surface area (Å²) in [5.41, 5.74) is -1.16. The second-order valence-electron chi connectivity index (χ2n) is 11.9. The Morgan fingerprint density at radius 2 is 1.53 bits per heavy atom. The third kappa shape index (κ3) is 6.64. The minimum absolute atomic E-state index is 0.0367. The number of nitrogens with zero attached hydrogens (tertiary/aromatic N) is 5. The number of para-hydroxylation sites is 1. The summed E-state index contributed by atoms with van der Waals surface area (Å²) in [6.45, 7) is 7.24. The van der Waals surface area contributed by atoms with Crippen molar-refractivity contribution in [2.24, 2.45) is 0 Å². The minimum atomic E-state index is -5.05. The van der Waals surface area contributed by atoms with Gasteiger partial charge in [0.2, 0.25) is 0 Å². The molecule has 45 heavy (non-hydrogen) atoms. The van der Waals surface area contributed by atoms with Crippen LogP contribution in [0.25, 0.3) is 0 Å². The number of rotatable bonds is 8. The molecule has 1 fully saturated rings. The highest BCUT2D eigenvalue weighted by Crippen LogP contribution is 2.44. The zero-order valence-electron chi connectivity index (χ0n) is 25.1. The zero-order chi connectivity index (χ0) is 32.7. The molecule has 0 bridgehead atoms. The summed E-state index contributed by atoms with van der Waals surface area (Å²) in [6.07, 6.45) is -9.31. The second kappa shape index (κ2) is 12.6. The molecule has 7 nitrogen and oxygen atoms in total. The minimum Gasteiger partial charge on any atom is -0.387 e. The number of aliphatic hydroxyl groups excluding tert-OH is 1. The lowest BCUT2D eigenvalue weighted by Gasteiger charge is -2.49. The first-order valence-electron chi connectivity index (χ1n) is 14.8. The first-order chi connectivity index (χ1) is 21.2. The van der Waals surface area contributed by atoms with Crippen LogP contribution in [0, 0.1) is 0 Å². The molecule has 0 saturated carbocycles. The number of piperazine rings is 1. The topological polar surface area (TPSA) is 72.8 Å². The van der Waals surface area contributed by atoms with E-state index in [-0.39, 0.29) is 23.6 Å². The molecular weight excluding hydrogens is 600 g/mol. The number of carbonyl (C=O) groups is 1. The maximum atomic E-state index is 13.9. The molecule has 1 aromatic heterocycles. The van der Waals surface area contributed by atoms with Gasteiger partial charge in [-0.3, -0.25) is 4.90 Å². The van der Waals surface area contributed by atoms with Crippen molar-refractivity contribution >= 4 is 17.8 Å². The van der Waals surface area contributed by atoms with E-state index in [0.717, 1.165) is 5.56 Å². The predicted molar refractivity (Wildman–Crippen MR) is 157 cm³/mol. The van der Waals surface area contributed by atoms with Gasteiger partial charge in [-0.2, -0.15) is 26.3 Å². The number of hydrogen-bond donors (Lipinski definition) is 1. The summed E-state index contributed by atoms with van der Waals surface area (Å²) in [5, 5.41) is 10.5. The van der Waals surface area contributed by atoms with E-state index in [9.17, 15) is 36.2 Å². The SMILES string of the molecule is CC(C)N(c1ccccc1)C(C(C=O)c1cc(C(F)(F)F)cc(C(F)(F)F)c1)N1CCN(c2ncnc3c2[C@H](C)C[C@@H]3O)CC1. The van der Waals surface area contributed by atoms with Crippen molar-refractivity contribution in [2.45, 2.75) is 69.7 Å². The van der Waals surface area contributed by atoms with Crippen LogP contribution < -0.4 is 9.80 Å². The van der Waals surface area contributed by atoms with Gasteiger partial charge in [-0.1, -0.05) is 25.1 Å². The van der Waals surface area contributed by atoms with Crippen LogP contribution in [0.2, 0.25) is 0 Å². The highest BCUT2D eigenvalue weighted by Gasteiger charge is 2.42. The maximum Gasteiger partial charge on any atom is 0.416 e. The highest BCUT2D eigenvalue weighted by molar-refractivity contribution is 5.67. The van der Waals surface area contributed by atoms with Gasteiger partial charge in [0.15, 0.2) is 0 Å². The molecule has 1 aliphatic heterocycles. The van der Waals surface area contributed by atoms with Crippen molar-refractivity contribution in [3.05, 3.63) is 82.8 Å². The molecule has 1 aliphatic carbocycles. The van der Waals surface area contributed by atoms with E-state index in [2.05, 4.69) is 9.97 Å². The normalized spacial score (nSPS) is 20.6. The van der Waals surface area contributed by atoms with Gasteiger partial charge < -0.3 is 19.7 Å². The van der Waals surface area contributed by atoms with Crippen molar-refractivity contribution in [1.29, 1.82) is 0 Å². The third-order valence-corrected chi connectivity index (χ3v) is 8.63. The van der Waals surface area contributed by atoms with Gasteiger partial charge in [0.1, 0.15) is 18.4 Å². The van der Waals surface area contributed by atoms with Crippen molar-refractivity contribution in [1.82, 2.24) is 14.9 Å². The van der Waals surface area contributed by atoms with Crippen molar-refractivity contribution in [2.75, 3.05) is 36.0 Å². The van der Waals surface area contributed by atoms with E-state index in [1.54, 1.807) is 30.3 Å². The molecule has 13 heteroatoms. The van der Waals surface area contributed by atoms with Gasteiger partial charge in [0, 0.05) is 43.5 Å². The monoisotopic (exact) mass is 635 g/mol. The van der Waals surface area contributed by atoms with Crippen molar-refractivity contribution in [3.63, 3.8) is 0 Å². The fourth-order valence-corrected chi connectivity index (χ4v) is 6.58. The van der Waals surface area contributed by atoms with Crippen LogP contribution >= 0.6 is 0 Å². The molecule has 2 heterocycles. The summed E-state index contributed by atoms with van der Waals surface area (Å²) < 4.78 is 83.1. The number of aliphatic hydroxyl groups is 1. The molecular formula is C32H35F6N5O2. The smallest absolute Gasteiger partial charge is 0.387 e. The Labute approximate surface area is 257 Å². The second-order valence-corrected chi connectivity index (χ2v) is 11.9. The molecule has 2 aliphatic rings. The Morgan fingerprint density at radius 3 is 2.07 bits per heavy atom. The van der Waals surface area contributed by atoms with Gasteiger partial charge >= 0.3 is 12.4 Å². The largest absolute Gasteiger partial charge is 0.416 e. The molecule has 1 saturated heterocycles. The molecule has 0 spiro atoms. The van der Waals surface area contributed by atoms with E-state index >= 15 is 0 Å². The van der Waals surface area contributed by atoms with E-state index in [4.69, 9.17) is 0 Å². The van der Waals surface area contributed by atoms with Crippen molar-refractivity contribution < 1.29 is 36.2 Å². The fourth-order valence-electron chi connectivity index (χ4n) is 6.58. The lowest BCUT2D eigenvalue weighted by molar-refractivity contribution is -0.143. The summed E-state index contributed by atoms with van der Waals surface area (Å²) in [4.78, 5) is 27.5. The number of aromatic nitrogens is 2. The number of fused-ring (bicyclic) bond motifs is 1. The van der Waals surface area contributed by atoms with E-state index in [0.29, 0.717) is 68.2 Å². The summed E-state index contributed by atoms with van der Waals surface area (Å²) in [5.74, 6) is -0.626. The molecule has 0 amide bonds. The van der Waals surface area contributed by atoms with Crippen LogP contribution in [-0.2, 0) is 17.1 Å². The zero-order valence-corrected chi connectivity index (χ0v) is 25.1. The van der Waals surface area contributed by atoms with Gasteiger partial charge in [0.25, 0.3) is 0 Å². The van der Waals surface area contributed by atoms with Crippen LogP contribution in [-0.4, -0.2) is 64.6 Å². The standard InChI is InChI=1S/C32H35F6N5O2/c1-19(2)43(24-7-5-4-6-8-24)30(25(17-44)21-14-22(31(33,34)35)16-23(15-21)32(36,37)38)42-11-9-41(10-12-42)29-27-20(3)13-26(45)28(27)39-18-40-29/h4-8,14-20,25-26,30,45H,9-13H2,1-3H3/t20-,25?,26+,30?/m1/s1. The molecule has 5 rings (SSSR count). The molecule has 0 radical (unpaired) electrons. The van der Waals surface area contributed by atoms with Gasteiger partial charge in [-0.25, -0.2) is 9.97 Å². The average molecular weight is 636 g/mol. The lowest BCUT2D eigenvalue weighted by Crippen LogP contribution is -2.60. The molecule has 242 valence electrons. The van der Waals surface area contributed by atoms with Crippen LogP contribution in [0.5, 0.6) is 0 Å². The van der Waals surface area contributed by atoms with Crippen LogP contribution in [0.1, 0.15) is 73.1 Å². The van der Waals surface area contributed by atoms with Gasteiger partial charge in [-0.15, -0.1) is 0 Å². The van der Waals surface area contributed by atoms with Crippen LogP contribution in [0.15, 0.2) is 54.9 Å². The molecule has 1 N–H and O–H groups in total. The predicted octanol–water partition coefficient (Wildman–Crippen LogP) is 6.40. The molecule has 2 unspecified atom stereocenters. The van der Waals surface area contributed by atoms with Crippen molar-refractivity contribution in [3.8, 4) is 0 Å². The lowest BCUT2D eigenvalue weighted by atomic mass is 9.90. The number of carbonyl (C=O) groups excluding carboxylic acids is 1. The molecule has 4 atom stereocenters. The summed E-state index contributed by atoms with van der Waals surface area (Å²) in [7, 11) is 0. The summed E-state index contributed by atoms with van der Waals surface area (Å²) in [6, 6.07) is 10.1. The highest BCUT2D eigenvalue weighted by atomic mass is 19.4. The Bertz CT molecular complexity index is 1460.